The quantitative estimate of drug-likeness (QED) is 0.793. The van der Waals surface area contributed by atoms with Crippen LogP contribution in [0.25, 0.3) is 10.9 Å². The topological polar surface area (TPSA) is 56.0 Å². The lowest BCUT2D eigenvalue weighted by Crippen LogP contribution is -2.05. The van der Waals surface area contributed by atoms with E-state index < -0.39 is 0 Å². The van der Waals surface area contributed by atoms with Crippen molar-refractivity contribution in [3.8, 4) is 0 Å². The summed E-state index contributed by atoms with van der Waals surface area (Å²) >= 11 is 0. The molecule has 1 aromatic heterocycles. The van der Waals surface area contributed by atoms with E-state index in [1.165, 1.54) is 0 Å². The van der Waals surface area contributed by atoms with E-state index in [1.54, 1.807) is 6.20 Å². The highest BCUT2D eigenvalue weighted by molar-refractivity contribution is 5.98. The van der Waals surface area contributed by atoms with Gasteiger partial charge in [-0.1, -0.05) is 18.2 Å². The molecule has 0 aliphatic rings. The van der Waals surface area contributed by atoms with Crippen LogP contribution in [0.4, 0.5) is 0 Å². The van der Waals surface area contributed by atoms with Gasteiger partial charge in [0.1, 0.15) is 0 Å². The Bertz CT molecular complexity index is 508. The van der Waals surface area contributed by atoms with E-state index >= 15 is 0 Å². The van der Waals surface area contributed by atoms with Crippen molar-refractivity contribution in [1.29, 1.82) is 0 Å². The highest BCUT2D eigenvalue weighted by Gasteiger charge is 2.06. The number of hydrogen-bond donors (Lipinski definition) is 1. The summed E-state index contributed by atoms with van der Waals surface area (Å²) in [7, 11) is 0. The molecule has 0 bridgehead atoms. The van der Waals surface area contributed by atoms with E-state index in [0.29, 0.717) is 18.5 Å². The van der Waals surface area contributed by atoms with Gasteiger partial charge < -0.3 is 5.73 Å². The monoisotopic (exact) mass is 214 g/mol. The molecule has 0 spiro atoms. The van der Waals surface area contributed by atoms with E-state index in [-0.39, 0.29) is 5.78 Å². The Morgan fingerprint density at radius 2 is 2.12 bits per heavy atom. The summed E-state index contributed by atoms with van der Waals surface area (Å²) in [5.41, 5.74) is 6.97. The average molecular weight is 214 g/mol. The lowest BCUT2D eigenvalue weighted by Gasteiger charge is -2.01. The molecule has 0 saturated carbocycles. The first kappa shape index (κ1) is 10.8. The Kier molecular flexibility index (Phi) is 3.27. The zero-order valence-corrected chi connectivity index (χ0v) is 9.02. The average Bonchev–Trinajstić information content (AvgIpc) is 2.35. The van der Waals surface area contributed by atoms with Crippen LogP contribution < -0.4 is 5.73 Å². The smallest absolute Gasteiger partial charge is 0.164 e. The molecule has 1 aromatic carbocycles. The van der Waals surface area contributed by atoms with E-state index in [0.717, 1.165) is 17.3 Å². The molecule has 0 aliphatic carbocycles. The highest BCUT2D eigenvalue weighted by atomic mass is 16.1. The third-order valence-electron chi connectivity index (χ3n) is 2.52. The largest absolute Gasteiger partial charge is 0.330 e. The second-order valence-corrected chi connectivity index (χ2v) is 3.73. The predicted octanol–water partition coefficient (Wildman–Crippen LogP) is 2.16. The molecule has 2 aromatic rings. The molecule has 82 valence electrons. The van der Waals surface area contributed by atoms with E-state index in [4.69, 9.17) is 5.73 Å². The van der Waals surface area contributed by atoms with Gasteiger partial charge in [0.25, 0.3) is 0 Å². The molecular weight excluding hydrogens is 200 g/mol. The van der Waals surface area contributed by atoms with Gasteiger partial charge in [0.05, 0.1) is 5.52 Å². The highest BCUT2D eigenvalue weighted by Crippen LogP contribution is 2.14. The Hall–Kier alpha value is -1.74. The minimum Gasteiger partial charge on any atom is -0.330 e. The van der Waals surface area contributed by atoms with Crippen molar-refractivity contribution in [2.75, 3.05) is 6.54 Å². The molecule has 0 radical (unpaired) electrons. The zero-order valence-electron chi connectivity index (χ0n) is 9.02. The van der Waals surface area contributed by atoms with E-state index in [1.807, 2.05) is 30.3 Å². The van der Waals surface area contributed by atoms with Crippen molar-refractivity contribution >= 4 is 16.7 Å². The minimum atomic E-state index is 0.115. The maximum atomic E-state index is 11.8. The number of rotatable bonds is 4. The first-order chi connectivity index (χ1) is 7.81. The number of carbonyl (C=O) groups excluding carboxylic acids is 1. The van der Waals surface area contributed by atoms with E-state index in [9.17, 15) is 4.79 Å². The second-order valence-electron chi connectivity index (χ2n) is 3.73. The van der Waals surface area contributed by atoms with Crippen LogP contribution in [0.2, 0.25) is 0 Å². The number of ketones is 1. The molecule has 3 nitrogen and oxygen atoms in total. The summed E-state index contributed by atoms with van der Waals surface area (Å²) in [6.07, 6.45) is 2.86. The van der Waals surface area contributed by atoms with Crippen LogP contribution in [-0.2, 0) is 0 Å². The van der Waals surface area contributed by atoms with Crippen LogP contribution in [0.3, 0.4) is 0 Å². The summed E-state index contributed by atoms with van der Waals surface area (Å²) in [5.74, 6) is 0.115. The summed E-state index contributed by atoms with van der Waals surface area (Å²) < 4.78 is 0. The van der Waals surface area contributed by atoms with Gasteiger partial charge in [-0.15, -0.1) is 0 Å². The Labute approximate surface area is 94.3 Å². The fourth-order valence-corrected chi connectivity index (χ4v) is 1.63. The maximum absolute atomic E-state index is 11.8. The molecule has 0 amide bonds. The summed E-state index contributed by atoms with van der Waals surface area (Å²) in [6.45, 7) is 0.548. The first-order valence-electron chi connectivity index (χ1n) is 5.39. The third-order valence-corrected chi connectivity index (χ3v) is 2.52. The van der Waals surface area contributed by atoms with Gasteiger partial charge in [0.15, 0.2) is 5.78 Å². The van der Waals surface area contributed by atoms with Crippen LogP contribution >= 0.6 is 0 Å². The van der Waals surface area contributed by atoms with Gasteiger partial charge in [-0.05, 0) is 25.1 Å². The SMILES string of the molecule is NCCCC(=O)c1cnc2ccccc2c1. The zero-order chi connectivity index (χ0) is 11.4. The van der Waals surface area contributed by atoms with Crippen molar-refractivity contribution in [2.24, 2.45) is 5.73 Å². The number of benzene rings is 1. The van der Waals surface area contributed by atoms with Gasteiger partial charge >= 0.3 is 0 Å². The van der Waals surface area contributed by atoms with Crippen molar-refractivity contribution in [3.05, 3.63) is 42.1 Å². The molecular formula is C13H14N2O. The van der Waals surface area contributed by atoms with Crippen LogP contribution in [-0.4, -0.2) is 17.3 Å². The number of aromatic nitrogens is 1. The second kappa shape index (κ2) is 4.86. The molecule has 3 heteroatoms. The molecule has 2 N–H and O–H groups in total. The van der Waals surface area contributed by atoms with Crippen LogP contribution in [0.1, 0.15) is 23.2 Å². The molecule has 0 fully saturated rings. The summed E-state index contributed by atoms with van der Waals surface area (Å²) in [6, 6.07) is 9.66. The van der Waals surface area contributed by atoms with Crippen LogP contribution in [0.5, 0.6) is 0 Å². The van der Waals surface area contributed by atoms with Crippen LogP contribution in [0, 0.1) is 0 Å². The number of para-hydroxylation sites is 1. The number of Topliss-reactive ketones (excluding diaryl/α,β-unsaturated/α-hetero) is 1. The van der Waals surface area contributed by atoms with Gasteiger partial charge in [0.2, 0.25) is 0 Å². The molecule has 0 aliphatic heterocycles. The number of nitrogens with zero attached hydrogens (tertiary/aromatic N) is 1. The summed E-state index contributed by atoms with van der Waals surface area (Å²) in [5, 5.41) is 1.00. The molecule has 2 rings (SSSR count). The lowest BCUT2D eigenvalue weighted by atomic mass is 10.1. The normalized spacial score (nSPS) is 10.6. The lowest BCUT2D eigenvalue weighted by molar-refractivity contribution is 0.0980. The first-order valence-corrected chi connectivity index (χ1v) is 5.39. The fraction of sp³-hybridized carbons (Fsp3) is 0.231. The number of carbonyl (C=O) groups is 1. The Morgan fingerprint density at radius 1 is 1.31 bits per heavy atom. The standard InChI is InChI=1S/C13H14N2O/c14-7-3-6-13(16)11-8-10-4-1-2-5-12(10)15-9-11/h1-2,4-5,8-9H,3,6-7,14H2. The van der Waals surface area contributed by atoms with Crippen molar-refractivity contribution in [2.45, 2.75) is 12.8 Å². The molecule has 0 atom stereocenters. The van der Waals surface area contributed by atoms with Gasteiger partial charge in [0, 0.05) is 23.6 Å². The van der Waals surface area contributed by atoms with Gasteiger partial charge in [-0.3, -0.25) is 9.78 Å². The molecule has 16 heavy (non-hydrogen) atoms. The number of hydrogen-bond acceptors (Lipinski definition) is 3. The minimum absolute atomic E-state index is 0.115. The maximum Gasteiger partial charge on any atom is 0.164 e. The molecule has 1 heterocycles. The number of fused-ring (bicyclic) bond motifs is 1. The molecule has 0 saturated heterocycles. The van der Waals surface area contributed by atoms with Crippen LogP contribution in [0.15, 0.2) is 36.5 Å². The Balaban J connectivity index is 2.28. The van der Waals surface area contributed by atoms with E-state index in [2.05, 4.69) is 4.98 Å². The Morgan fingerprint density at radius 3 is 2.94 bits per heavy atom. The number of pyridine rings is 1. The number of nitrogens with two attached hydrogens (primary N) is 1. The van der Waals surface area contributed by atoms with Gasteiger partial charge in [-0.25, -0.2) is 0 Å². The van der Waals surface area contributed by atoms with Crippen molar-refractivity contribution in [1.82, 2.24) is 4.98 Å². The third kappa shape index (κ3) is 2.25. The predicted molar refractivity (Wildman–Crippen MR) is 64.4 cm³/mol. The van der Waals surface area contributed by atoms with Crippen molar-refractivity contribution < 1.29 is 4.79 Å². The fourth-order valence-electron chi connectivity index (χ4n) is 1.63. The summed E-state index contributed by atoms with van der Waals surface area (Å²) in [4.78, 5) is 16.0. The van der Waals surface area contributed by atoms with Gasteiger partial charge in [-0.2, -0.15) is 0 Å². The van der Waals surface area contributed by atoms with Crippen molar-refractivity contribution in [3.63, 3.8) is 0 Å². The molecule has 0 unspecified atom stereocenters.